The minimum atomic E-state index is 0.310. The van der Waals surface area contributed by atoms with E-state index in [2.05, 4.69) is 17.1 Å². The van der Waals surface area contributed by atoms with E-state index >= 15 is 0 Å². The Kier molecular flexibility index (Phi) is 1.34. The standard InChI is InChI=1S/C12H9NO/c14-11-2-1-8-3-4-13-12-7-10(12)5-9(8)6-11/h1-7,13-14H. The maximum absolute atomic E-state index is 9.36. The van der Waals surface area contributed by atoms with Gasteiger partial charge in [-0.3, -0.25) is 0 Å². The van der Waals surface area contributed by atoms with Gasteiger partial charge in [-0.1, -0.05) is 6.07 Å². The van der Waals surface area contributed by atoms with E-state index < -0.39 is 0 Å². The van der Waals surface area contributed by atoms with E-state index in [1.807, 2.05) is 18.3 Å². The van der Waals surface area contributed by atoms with Gasteiger partial charge in [0.15, 0.2) is 0 Å². The van der Waals surface area contributed by atoms with Crippen LogP contribution in [0.4, 0.5) is 0 Å². The molecule has 68 valence electrons. The number of aromatic hydroxyl groups is 1. The van der Waals surface area contributed by atoms with Gasteiger partial charge < -0.3 is 10.1 Å². The van der Waals surface area contributed by atoms with Gasteiger partial charge in [0.2, 0.25) is 0 Å². The maximum atomic E-state index is 9.36. The summed E-state index contributed by atoms with van der Waals surface area (Å²) in [4.78, 5) is 3.16. The van der Waals surface area contributed by atoms with E-state index in [1.54, 1.807) is 12.1 Å². The Labute approximate surface area is 81.2 Å². The summed E-state index contributed by atoms with van der Waals surface area (Å²) in [7, 11) is 0. The number of aromatic amines is 1. The Hall–Kier alpha value is -1.96. The maximum Gasteiger partial charge on any atom is 0.116 e. The fourth-order valence-corrected chi connectivity index (χ4v) is 1.59. The van der Waals surface area contributed by atoms with Gasteiger partial charge in [-0.05, 0) is 41.1 Å². The molecule has 0 saturated carbocycles. The van der Waals surface area contributed by atoms with E-state index in [-0.39, 0.29) is 0 Å². The highest BCUT2D eigenvalue weighted by Gasteiger charge is 2.07. The molecule has 1 aromatic carbocycles. The highest BCUT2D eigenvalue weighted by atomic mass is 16.3. The second kappa shape index (κ2) is 2.51. The first kappa shape index (κ1) is 7.44. The van der Waals surface area contributed by atoms with Crippen molar-refractivity contribution in [2.45, 2.75) is 0 Å². The van der Waals surface area contributed by atoms with Crippen molar-refractivity contribution < 1.29 is 5.11 Å². The van der Waals surface area contributed by atoms with Gasteiger partial charge in [-0.2, -0.15) is 0 Å². The number of phenols is 1. The van der Waals surface area contributed by atoms with Gasteiger partial charge >= 0.3 is 0 Å². The zero-order chi connectivity index (χ0) is 9.54. The molecule has 0 radical (unpaired) electrons. The minimum Gasteiger partial charge on any atom is -0.508 e. The lowest BCUT2D eigenvalue weighted by Crippen LogP contribution is -1.70. The third kappa shape index (κ3) is 1.12. The number of aromatic nitrogens is 1. The number of H-pyrrole nitrogens is 1. The van der Waals surface area contributed by atoms with Crippen LogP contribution in [-0.2, 0) is 0 Å². The van der Waals surface area contributed by atoms with Gasteiger partial charge in [0.1, 0.15) is 5.75 Å². The monoisotopic (exact) mass is 183 g/mol. The van der Waals surface area contributed by atoms with Crippen LogP contribution in [0.2, 0.25) is 0 Å². The van der Waals surface area contributed by atoms with Crippen LogP contribution in [0.5, 0.6) is 5.75 Å². The van der Waals surface area contributed by atoms with Crippen LogP contribution in [0.3, 0.4) is 0 Å². The molecule has 2 nitrogen and oxygen atoms in total. The Morgan fingerprint density at radius 3 is 2.79 bits per heavy atom. The fourth-order valence-electron chi connectivity index (χ4n) is 1.59. The van der Waals surface area contributed by atoms with Crippen LogP contribution in [0.15, 0.2) is 42.6 Å². The van der Waals surface area contributed by atoms with Crippen LogP contribution in [0, 0.1) is 0 Å². The third-order valence-corrected chi connectivity index (χ3v) is 2.41. The number of benzene rings is 1. The molecule has 0 amide bonds. The molecule has 0 bridgehead atoms. The van der Waals surface area contributed by atoms with E-state index in [4.69, 9.17) is 0 Å². The summed E-state index contributed by atoms with van der Waals surface area (Å²) in [5.41, 5.74) is 2.37. The van der Waals surface area contributed by atoms with Crippen LogP contribution >= 0.6 is 0 Å². The van der Waals surface area contributed by atoms with Crippen LogP contribution in [0.1, 0.15) is 0 Å². The molecule has 1 aromatic rings. The molecule has 3 rings (SSSR count). The molecule has 1 aliphatic carbocycles. The number of rotatable bonds is 0. The molecule has 2 aliphatic rings. The van der Waals surface area contributed by atoms with E-state index in [9.17, 15) is 5.11 Å². The van der Waals surface area contributed by atoms with Gasteiger partial charge in [0, 0.05) is 17.5 Å². The average molecular weight is 183 g/mol. The Balaban J connectivity index is 2.42. The van der Waals surface area contributed by atoms with Crippen LogP contribution < -0.4 is 0 Å². The summed E-state index contributed by atoms with van der Waals surface area (Å²) >= 11 is 0. The molecular formula is C12H9NO. The SMILES string of the molecule is Oc1ccc2cc[nH]c3cc-3cc2c1. The van der Waals surface area contributed by atoms with Crippen molar-refractivity contribution in [2.24, 2.45) is 0 Å². The second-order valence-corrected chi connectivity index (χ2v) is 3.45. The quantitative estimate of drug-likeness (QED) is 0.552. The molecule has 0 fully saturated rings. The third-order valence-electron chi connectivity index (χ3n) is 2.41. The molecule has 14 heavy (non-hydrogen) atoms. The summed E-state index contributed by atoms with van der Waals surface area (Å²) in [6, 6.07) is 11.5. The van der Waals surface area contributed by atoms with E-state index in [0.29, 0.717) is 5.75 Å². The number of phenolic OH excluding ortho intramolecular Hbond substituents is 1. The van der Waals surface area contributed by atoms with Gasteiger partial charge in [-0.15, -0.1) is 0 Å². The minimum absolute atomic E-state index is 0.310. The number of fused-ring (bicyclic) bond motifs is 2. The zero-order valence-corrected chi connectivity index (χ0v) is 7.49. The molecule has 0 saturated heterocycles. The van der Waals surface area contributed by atoms with Crippen molar-refractivity contribution in [3.05, 3.63) is 42.6 Å². The summed E-state index contributed by atoms with van der Waals surface area (Å²) in [6.45, 7) is 0. The first-order valence-electron chi connectivity index (χ1n) is 4.53. The smallest absolute Gasteiger partial charge is 0.116 e. The molecule has 2 N–H and O–H groups in total. The largest absolute Gasteiger partial charge is 0.508 e. The molecule has 0 atom stereocenters. The predicted octanol–water partition coefficient (Wildman–Crippen LogP) is 2.98. The molecule has 2 heteroatoms. The summed E-state index contributed by atoms with van der Waals surface area (Å²) in [5, 5.41) is 11.5. The predicted molar refractivity (Wildman–Crippen MR) is 56.6 cm³/mol. The van der Waals surface area contributed by atoms with Crippen molar-refractivity contribution in [2.75, 3.05) is 0 Å². The molecule has 0 unspecified atom stereocenters. The number of hydrogen-bond donors (Lipinski definition) is 2. The first-order valence-corrected chi connectivity index (χ1v) is 4.53. The topological polar surface area (TPSA) is 36.0 Å². The molecule has 0 aromatic heterocycles. The van der Waals surface area contributed by atoms with Crippen LogP contribution in [-0.4, -0.2) is 10.1 Å². The Bertz CT molecular complexity index is 568. The molecule has 1 heterocycles. The van der Waals surface area contributed by atoms with Gasteiger partial charge in [-0.25, -0.2) is 0 Å². The van der Waals surface area contributed by atoms with Crippen molar-refractivity contribution >= 4 is 10.8 Å². The lowest BCUT2D eigenvalue weighted by atomic mass is 10.1. The van der Waals surface area contributed by atoms with Gasteiger partial charge in [0.25, 0.3) is 0 Å². The Morgan fingerprint density at radius 1 is 0.929 bits per heavy atom. The van der Waals surface area contributed by atoms with E-state index in [1.165, 1.54) is 5.56 Å². The number of nitrogens with one attached hydrogen (secondary N) is 1. The summed E-state index contributed by atoms with van der Waals surface area (Å²) in [6.07, 6.45) is 1.92. The Morgan fingerprint density at radius 2 is 1.86 bits per heavy atom. The molecular weight excluding hydrogens is 174 g/mol. The molecule has 1 aliphatic heterocycles. The summed E-state index contributed by atoms with van der Waals surface area (Å²) < 4.78 is 0. The first-order chi connectivity index (χ1) is 6.83. The lowest BCUT2D eigenvalue weighted by molar-refractivity contribution is 0.476. The van der Waals surface area contributed by atoms with Crippen molar-refractivity contribution in [3.63, 3.8) is 0 Å². The summed E-state index contributed by atoms with van der Waals surface area (Å²) in [5.74, 6) is 0.310. The fraction of sp³-hybridized carbons (Fsp3) is 0. The lowest BCUT2D eigenvalue weighted by Gasteiger charge is -1.95. The average Bonchev–Trinajstić information content (AvgIpc) is 2.82. The van der Waals surface area contributed by atoms with Crippen molar-refractivity contribution in [1.82, 2.24) is 4.98 Å². The number of hydrogen-bond acceptors (Lipinski definition) is 1. The van der Waals surface area contributed by atoms with Crippen molar-refractivity contribution in [1.29, 1.82) is 0 Å². The zero-order valence-electron chi connectivity index (χ0n) is 7.49. The normalized spacial score (nSPS) is 11.1. The highest BCUT2D eigenvalue weighted by Crippen LogP contribution is 2.31. The van der Waals surface area contributed by atoms with E-state index in [0.717, 1.165) is 16.5 Å². The van der Waals surface area contributed by atoms with Crippen molar-refractivity contribution in [3.8, 4) is 17.0 Å². The molecule has 0 spiro atoms. The van der Waals surface area contributed by atoms with Gasteiger partial charge in [0.05, 0.1) is 0 Å². The van der Waals surface area contributed by atoms with Crippen LogP contribution in [0.25, 0.3) is 22.0 Å². The second-order valence-electron chi connectivity index (χ2n) is 3.45. The highest BCUT2D eigenvalue weighted by molar-refractivity contribution is 5.89.